The molecule has 0 bridgehead atoms. The highest BCUT2D eigenvalue weighted by molar-refractivity contribution is 6.18. The molecule has 1 heterocycles. The highest BCUT2D eigenvalue weighted by atomic mass is 16.5. The fourth-order valence-corrected chi connectivity index (χ4v) is 4.34. The monoisotopic (exact) mass is 501 g/mol. The van der Waals surface area contributed by atoms with Crippen LogP contribution < -0.4 is 25.8 Å². The van der Waals surface area contributed by atoms with Crippen molar-refractivity contribution in [2.75, 3.05) is 31.2 Å². The molecule has 1 saturated heterocycles. The fraction of sp³-hybridized carbons (Fsp3) is 0.333. The van der Waals surface area contributed by atoms with Gasteiger partial charge in [0.1, 0.15) is 17.6 Å². The predicted octanol–water partition coefficient (Wildman–Crippen LogP) is 5.19. The van der Waals surface area contributed by atoms with E-state index in [4.69, 9.17) is 15.2 Å². The smallest absolute Gasteiger partial charge is 0.255 e. The second-order valence-corrected chi connectivity index (χ2v) is 10.3. The number of carbonyl (C=O) groups excluding carboxylic acids is 2. The van der Waals surface area contributed by atoms with E-state index in [1.165, 1.54) is 0 Å². The number of rotatable bonds is 7. The summed E-state index contributed by atoms with van der Waals surface area (Å²) >= 11 is 0. The number of anilines is 2. The second kappa shape index (κ2) is 11.0. The molecule has 0 unspecified atom stereocenters. The van der Waals surface area contributed by atoms with Gasteiger partial charge in [-0.2, -0.15) is 0 Å². The van der Waals surface area contributed by atoms with Crippen LogP contribution in [0, 0.1) is 0 Å². The van der Waals surface area contributed by atoms with Gasteiger partial charge < -0.3 is 25.8 Å². The van der Waals surface area contributed by atoms with E-state index in [-0.39, 0.29) is 28.9 Å². The van der Waals surface area contributed by atoms with Gasteiger partial charge in [0.15, 0.2) is 5.78 Å². The third kappa shape index (κ3) is 6.12. The highest BCUT2D eigenvalue weighted by Crippen LogP contribution is 2.34. The Morgan fingerprint density at radius 2 is 1.68 bits per heavy atom. The average molecular weight is 502 g/mol. The Labute approximate surface area is 218 Å². The average Bonchev–Trinajstić information content (AvgIpc) is 2.89. The second-order valence-electron chi connectivity index (χ2n) is 10.3. The number of hydrogen-bond donors (Lipinski definition) is 3. The number of hydrogen-bond acceptors (Lipinski definition) is 6. The molecule has 0 spiro atoms. The first kappa shape index (κ1) is 26.2. The molecule has 194 valence electrons. The Hall–Kier alpha value is -3.84. The van der Waals surface area contributed by atoms with Crippen molar-refractivity contribution in [1.82, 2.24) is 5.32 Å². The number of benzene rings is 3. The molecular weight excluding hydrogens is 466 g/mol. The van der Waals surface area contributed by atoms with E-state index in [1.807, 2.05) is 18.2 Å². The zero-order valence-corrected chi connectivity index (χ0v) is 21.9. The molecule has 3 aromatic rings. The van der Waals surface area contributed by atoms with Crippen LogP contribution in [0.25, 0.3) is 0 Å². The van der Waals surface area contributed by atoms with Crippen molar-refractivity contribution in [3.63, 3.8) is 0 Å². The van der Waals surface area contributed by atoms with Crippen LogP contribution in [0.5, 0.6) is 11.5 Å². The maximum atomic E-state index is 13.9. The molecule has 4 rings (SSSR count). The summed E-state index contributed by atoms with van der Waals surface area (Å²) in [6.45, 7) is 8.14. The minimum Gasteiger partial charge on any atom is -0.497 e. The molecule has 1 aliphatic rings. The minimum absolute atomic E-state index is 0.0260. The van der Waals surface area contributed by atoms with Gasteiger partial charge in [0.2, 0.25) is 0 Å². The molecule has 7 nitrogen and oxygen atoms in total. The molecule has 0 saturated carbocycles. The standard InChI is InChI=1S/C30H35N3O4/c1-30(2,3)20-10-13-23(26(18-20)37-22-14-16-32-17-15-22)28(34)24-6-5-7-25(31)27(24)33-29(35)19-8-11-21(36-4)12-9-19/h5-13,18,22,32H,14-17,31H2,1-4H3,(H,33,35). The summed E-state index contributed by atoms with van der Waals surface area (Å²) < 4.78 is 11.6. The minimum atomic E-state index is -0.371. The van der Waals surface area contributed by atoms with Gasteiger partial charge in [-0.15, -0.1) is 0 Å². The van der Waals surface area contributed by atoms with Crippen molar-refractivity contribution in [1.29, 1.82) is 0 Å². The number of nitrogens with two attached hydrogens (primary N) is 1. The molecule has 0 aromatic heterocycles. The van der Waals surface area contributed by atoms with Gasteiger partial charge in [0, 0.05) is 11.1 Å². The lowest BCUT2D eigenvalue weighted by Crippen LogP contribution is -2.34. The molecule has 1 fully saturated rings. The van der Waals surface area contributed by atoms with E-state index in [1.54, 1.807) is 49.6 Å². The molecule has 7 heteroatoms. The first-order valence-electron chi connectivity index (χ1n) is 12.6. The number of ether oxygens (including phenoxy) is 2. The Balaban J connectivity index is 1.69. The van der Waals surface area contributed by atoms with E-state index < -0.39 is 0 Å². The van der Waals surface area contributed by atoms with Crippen molar-refractivity contribution in [2.45, 2.75) is 45.1 Å². The van der Waals surface area contributed by atoms with Gasteiger partial charge in [0.05, 0.1) is 24.0 Å². The van der Waals surface area contributed by atoms with Crippen molar-refractivity contribution in [3.8, 4) is 11.5 Å². The highest BCUT2D eigenvalue weighted by Gasteiger charge is 2.25. The van der Waals surface area contributed by atoms with Gasteiger partial charge in [0.25, 0.3) is 5.91 Å². The number of piperidine rings is 1. The summed E-state index contributed by atoms with van der Waals surface area (Å²) in [5, 5.41) is 6.19. The first-order valence-corrected chi connectivity index (χ1v) is 12.6. The quantitative estimate of drug-likeness (QED) is 0.304. The molecule has 37 heavy (non-hydrogen) atoms. The predicted molar refractivity (Wildman–Crippen MR) is 147 cm³/mol. The van der Waals surface area contributed by atoms with E-state index in [0.717, 1.165) is 31.5 Å². The summed E-state index contributed by atoms with van der Waals surface area (Å²) in [7, 11) is 1.56. The third-order valence-electron chi connectivity index (χ3n) is 6.60. The largest absolute Gasteiger partial charge is 0.497 e. The molecule has 0 atom stereocenters. The van der Waals surface area contributed by atoms with Crippen molar-refractivity contribution in [2.24, 2.45) is 0 Å². The van der Waals surface area contributed by atoms with Crippen LogP contribution in [0.4, 0.5) is 11.4 Å². The molecule has 3 aromatic carbocycles. The van der Waals surface area contributed by atoms with Gasteiger partial charge in [-0.05, 0) is 85.4 Å². The van der Waals surface area contributed by atoms with Gasteiger partial charge >= 0.3 is 0 Å². The molecular formula is C30H35N3O4. The van der Waals surface area contributed by atoms with Crippen LogP contribution in [0.1, 0.15) is 65.5 Å². The Kier molecular flexibility index (Phi) is 7.83. The summed E-state index contributed by atoms with van der Waals surface area (Å²) in [6.07, 6.45) is 1.77. The molecule has 0 aliphatic carbocycles. The first-order chi connectivity index (χ1) is 17.7. The summed E-state index contributed by atoms with van der Waals surface area (Å²) in [5.74, 6) is 0.566. The lowest BCUT2D eigenvalue weighted by atomic mass is 9.85. The van der Waals surface area contributed by atoms with Crippen LogP contribution in [0.2, 0.25) is 0 Å². The lowest BCUT2D eigenvalue weighted by molar-refractivity contribution is 0.102. The van der Waals surface area contributed by atoms with Crippen LogP contribution in [-0.4, -0.2) is 38.0 Å². The van der Waals surface area contributed by atoms with E-state index in [2.05, 4.69) is 31.4 Å². The van der Waals surface area contributed by atoms with Crippen molar-refractivity contribution < 1.29 is 19.1 Å². The number of amides is 1. The van der Waals surface area contributed by atoms with Crippen molar-refractivity contribution in [3.05, 3.63) is 82.9 Å². The fourth-order valence-electron chi connectivity index (χ4n) is 4.34. The number of methoxy groups -OCH3 is 1. The Bertz CT molecular complexity index is 1270. The molecule has 1 amide bonds. The molecule has 4 N–H and O–H groups in total. The van der Waals surface area contributed by atoms with E-state index in [9.17, 15) is 9.59 Å². The Morgan fingerprint density at radius 1 is 0.973 bits per heavy atom. The van der Waals surface area contributed by atoms with Crippen LogP contribution >= 0.6 is 0 Å². The van der Waals surface area contributed by atoms with Crippen LogP contribution in [0.15, 0.2) is 60.7 Å². The maximum Gasteiger partial charge on any atom is 0.255 e. The maximum absolute atomic E-state index is 13.9. The summed E-state index contributed by atoms with van der Waals surface area (Å²) in [5.41, 5.74) is 8.98. The van der Waals surface area contributed by atoms with Gasteiger partial charge in [-0.1, -0.05) is 32.9 Å². The lowest BCUT2D eigenvalue weighted by Gasteiger charge is -2.27. The van der Waals surface area contributed by atoms with Gasteiger partial charge in [-0.25, -0.2) is 0 Å². The topological polar surface area (TPSA) is 103 Å². The summed E-state index contributed by atoms with van der Waals surface area (Å²) in [6, 6.07) is 17.5. The number of nitrogen functional groups attached to an aromatic ring is 1. The van der Waals surface area contributed by atoms with E-state index >= 15 is 0 Å². The van der Waals surface area contributed by atoms with Gasteiger partial charge in [-0.3, -0.25) is 9.59 Å². The third-order valence-corrected chi connectivity index (χ3v) is 6.60. The number of carbonyl (C=O) groups is 2. The zero-order valence-electron chi connectivity index (χ0n) is 21.9. The zero-order chi connectivity index (χ0) is 26.6. The molecule has 0 radical (unpaired) electrons. The summed E-state index contributed by atoms with van der Waals surface area (Å²) in [4.78, 5) is 26.9. The van der Waals surface area contributed by atoms with Crippen LogP contribution in [-0.2, 0) is 5.41 Å². The van der Waals surface area contributed by atoms with Crippen molar-refractivity contribution >= 4 is 23.1 Å². The number of ketones is 1. The van der Waals surface area contributed by atoms with E-state index in [0.29, 0.717) is 33.9 Å². The van der Waals surface area contributed by atoms with Crippen LogP contribution in [0.3, 0.4) is 0 Å². The number of nitrogens with one attached hydrogen (secondary N) is 2. The normalized spacial score (nSPS) is 14.2. The molecule has 1 aliphatic heterocycles. The number of para-hydroxylation sites is 1. The Morgan fingerprint density at radius 3 is 2.32 bits per heavy atom. The SMILES string of the molecule is COc1ccc(C(=O)Nc2c(N)cccc2C(=O)c2ccc(C(C)(C)C)cc2OC2CCNCC2)cc1.